The minimum Gasteiger partial charge on any atom is -0.494 e. The standard InChI is InChI=1S/C26H25ClN2O4S/c1-3-15-33-21-12-9-18(10-13-21)17-28-26(30)25-24(19-7-5-4-6-8-19)22-16-20(27)11-14-23(22)34(31,32)29(25)2/h4-14,16H,3,15,17H2,1-2H3,(H,28,30). The molecular weight excluding hydrogens is 472 g/mol. The molecule has 0 unspecified atom stereocenters. The van der Waals surface area contributed by atoms with Gasteiger partial charge >= 0.3 is 0 Å². The van der Waals surface area contributed by atoms with Gasteiger partial charge in [0.2, 0.25) is 0 Å². The second kappa shape index (κ2) is 9.91. The van der Waals surface area contributed by atoms with E-state index in [0.717, 1.165) is 27.6 Å². The lowest BCUT2D eigenvalue weighted by Gasteiger charge is -2.31. The first-order valence-corrected chi connectivity index (χ1v) is 12.7. The van der Waals surface area contributed by atoms with E-state index in [1.807, 2.05) is 61.5 Å². The lowest BCUT2D eigenvalue weighted by Crippen LogP contribution is -2.39. The zero-order valence-electron chi connectivity index (χ0n) is 18.9. The summed E-state index contributed by atoms with van der Waals surface area (Å²) in [6.07, 6.45) is 0.918. The van der Waals surface area contributed by atoms with Gasteiger partial charge in [-0.2, -0.15) is 0 Å². The van der Waals surface area contributed by atoms with E-state index in [9.17, 15) is 13.2 Å². The maximum atomic E-state index is 13.4. The summed E-state index contributed by atoms with van der Waals surface area (Å²) in [5, 5.41) is 3.25. The average Bonchev–Trinajstić information content (AvgIpc) is 2.84. The summed E-state index contributed by atoms with van der Waals surface area (Å²) in [5.74, 6) is 0.263. The predicted octanol–water partition coefficient (Wildman–Crippen LogP) is 4.84. The van der Waals surface area contributed by atoms with E-state index in [0.29, 0.717) is 22.8 Å². The molecule has 1 N–H and O–H groups in total. The van der Waals surface area contributed by atoms with Crippen molar-refractivity contribution in [1.29, 1.82) is 0 Å². The summed E-state index contributed by atoms with van der Waals surface area (Å²) in [6.45, 7) is 2.91. The van der Waals surface area contributed by atoms with Crippen LogP contribution in [0.3, 0.4) is 0 Å². The fourth-order valence-corrected chi connectivity index (χ4v) is 5.38. The van der Waals surface area contributed by atoms with Gasteiger partial charge < -0.3 is 10.1 Å². The van der Waals surface area contributed by atoms with Crippen LogP contribution < -0.4 is 10.1 Å². The van der Waals surface area contributed by atoms with E-state index in [2.05, 4.69) is 5.32 Å². The number of nitrogens with one attached hydrogen (secondary N) is 1. The minimum absolute atomic E-state index is 0.0452. The lowest BCUT2D eigenvalue weighted by molar-refractivity contribution is -0.118. The van der Waals surface area contributed by atoms with Crippen LogP contribution in [0.1, 0.15) is 30.0 Å². The number of nitrogens with zero attached hydrogens (tertiary/aromatic N) is 1. The van der Waals surface area contributed by atoms with Crippen LogP contribution >= 0.6 is 11.6 Å². The number of benzene rings is 3. The molecule has 1 amide bonds. The second-order valence-electron chi connectivity index (χ2n) is 7.88. The van der Waals surface area contributed by atoms with Gasteiger partial charge in [0, 0.05) is 29.8 Å². The highest BCUT2D eigenvalue weighted by molar-refractivity contribution is 7.89. The number of carbonyl (C=O) groups is 1. The van der Waals surface area contributed by atoms with Crippen LogP contribution in [0.15, 0.2) is 83.4 Å². The topological polar surface area (TPSA) is 75.7 Å². The Hall–Kier alpha value is -3.29. The zero-order valence-corrected chi connectivity index (χ0v) is 20.5. The number of carbonyl (C=O) groups excluding carboxylic acids is 1. The molecule has 0 spiro atoms. The van der Waals surface area contributed by atoms with Crippen LogP contribution in [0, 0.1) is 0 Å². The Labute approximate surface area is 204 Å². The molecule has 176 valence electrons. The second-order valence-corrected chi connectivity index (χ2v) is 10.3. The summed E-state index contributed by atoms with van der Waals surface area (Å²) < 4.78 is 33.2. The number of likely N-dealkylation sites (N-methyl/N-ethyl adjacent to an activating group) is 1. The monoisotopic (exact) mass is 496 g/mol. The number of ether oxygens (including phenoxy) is 1. The number of rotatable bonds is 7. The van der Waals surface area contributed by atoms with E-state index in [4.69, 9.17) is 16.3 Å². The number of amides is 1. The highest BCUT2D eigenvalue weighted by Gasteiger charge is 2.38. The van der Waals surface area contributed by atoms with Gasteiger partial charge in [-0.05, 0) is 47.9 Å². The Morgan fingerprint density at radius 1 is 1.03 bits per heavy atom. The molecule has 0 saturated heterocycles. The molecule has 3 aromatic rings. The van der Waals surface area contributed by atoms with Crippen LogP contribution in [0.4, 0.5) is 0 Å². The minimum atomic E-state index is -3.93. The summed E-state index contributed by atoms with van der Waals surface area (Å²) in [6, 6.07) is 21.3. The Morgan fingerprint density at radius 2 is 1.74 bits per heavy atom. The molecule has 34 heavy (non-hydrogen) atoms. The number of halogens is 1. The molecule has 3 aromatic carbocycles. The third kappa shape index (κ3) is 4.67. The Kier molecular flexibility index (Phi) is 6.95. The van der Waals surface area contributed by atoms with Crippen molar-refractivity contribution in [1.82, 2.24) is 9.62 Å². The van der Waals surface area contributed by atoms with Crippen molar-refractivity contribution in [3.63, 3.8) is 0 Å². The molecule has 0 aliphatic carbocycles. The Morgan fingerprint density at radius 3 is 2.41 bits per heavy atom. The molecule has 0 atom stereocenters. The number of hydrogen-bond acceptors (Lipinski definition) is 4. The molecule has 8 heteroatoms. The Bertz CT molecular complexity index is 1340. The SMILES string of the molecule is CCCOc1ccc(CNC(=O)C2=C(c3ccccc3)c3cc(Cl)ccc3S(=O)(=O)N2C)cc1. The third-order valence-electron chi connectivity index (χ3n) is 5.53. The van der Waals surface area contributed by atoms with Gasteiger partial charge in [-0.15, -0.1) is 0 Å². The van der Waals surface area contributed by atoms with Crippen LogP contribution in [-0.2, 0) is 21.4 Å². The maximum Gasteiger partial charge on any atom is 0.269 e. The molecule has 0 aromatic heterocycles. The van der Waals surface area contributed by atoms with Gasteiger partial charge in [-0.1, -0.05) is 61.0 Å². The average molecular weight is 497 g/mol. The molecule has 4 rings (SSSR count). The first kappa shape index (κ1) is 23.9. The molecule has 6 nitrogen and oxygen atoms in total. The normalized spacial score (nSPS) is 14.5. The largest absolute Gasteiger partial charge is 0.494 e. The third-order valence-corrected chi connectivity index (χ3v) is 7.58. The van der Waals surface area contributed by atoms with Crippen molar-refractivity contribution >= 4 is 33.1 Å². The molecule has 0 fully saturated rings. The molecule has 1 heterocycles. The van der Waals surface area contributed by atoms with Gasteiger partial charge in [0.15, 0.2) is 0 Å². The first-order chi connectivity index (χ1) is 16.3. The summed E-state index contributed by atoms with van der Waals surface area (Å²) in [7, 11) is -2.54. The van der Waals surface area contributed by atoms with E-state index in [-0.39, 0.29) is 17.1 Å². The molecule has 0 radical (unpaired) electrons. The van der Waals surface area contributed by atoms with Gasteiger partial charge in [0.05, 0.1) is 11.5 Å². The van der Waals surface area contributed by atoms with E-state index in [1.165, 1.54) is 19.2 Å². The van der Waals surface area contributed by atoms with Crippen LogP contribution in [-0.4, -0.2) is 32.3 Å². The molecule has 0 bridgehead atoms. The van der Waals surface area contributed by atoms with Gasteiger partial charge in [-0.25, -0.2) is 8.42 Å². The van der Waals surface area contributed by atoms with Crippen molar-refractivity contribution in [3.05, 3.63) is 100 Å². The highest BCUT2D eigenvalue weighted by Crippen LogP contribution is 2.40. The number of fused-ring (bicyclic) bond motifs is 1. The lowest BCUT2D eigenvalue weighted by atomic mass is 9.95. The predicted molar refractivity (Wildman–Crippen MR) is 133 cm³/mol. The van der Waals surface area contributed by atoms with Crippen LogP contribution in [0.25, 0.3) is 5.57 Å². The van der Waals surface area contributed by atoms with Crippen LogP contribution in [0.5, 0.6) is 5.75 Å². The molecule has 1 aliphatic heterocycles. The highest BCUT2D eigenvalue weighted by atomic mass is 35.5. The van der Waals surface area contributed by atoms with Crippen molar-refractivity contribution in [2.75, 3.05) is 13.7 Å². The van der Waals surface area contributed by atoms with E-state index >= 15 is 0 Å². The van der Waals surface area contributed by atoms with E-state index < -0.39 is 15.9 Å². The fraction of sp³-hybridized carbons (Fsp3) is 0.192. The van der Waals surface area contributed by atoms with Crippen molar-refractivity contribution in [2.24, 2.45) is 0 Å². The van der Waals surface area contributed by atoms with Crippen LogP contribution in [0.2, 0.25) is 5.02 Å². The fourth-order valence-electron chi connectivity index (χ4n) is 3.82. The summed E-state index contributed by atoms with van der Waals surface area (Å²) >= 11 is 6.23. The number of hydrogen-bond donors (Lipinski definition) is 1. The Balaban J connectivity index is 1.72. The van der Waals surface area contributed by atoms with Crippen molar-refractivity contribution < 1.29 is 17.9 Å². The van der Waals surface area contributed by atoms with Crippen molar-refractivity contribution in [3.8, 4) is 5.75 Å². The smallest absolute Gasteiger partial charge is 0.269 e. The van der Waals surface area contributed by atoms with Crippen molar-refractivity contribution in [2.45, 2.75) is 24.8 Å². The first-order valence-electron chi connectivity index (χ1n) is 10.9. The quantitative estimate of drug-likeness (QED) is 0.508. The maximum absolute atomic E-state index is 13.4. The molecule has 1 aliphatic rings. The zero-order chi connectivity index (χ0) is 24.3. The van der Waals surface area contributed by atoms with E-state index in [1.54, 1.807) is 6.07 Å². The summed E-state index contributed by atoms with van der Waals surface area (Å²) in [4.78, 5) is 13.5. The van der Waals surface area contributed by atoms with Gasteiger partial charge in [0.1, 0.15) is 11.4 Å². The number of sulfonamides is 1. The van der Waals surface area contributed by atoms with Gasteiger partial charge in [0.25, 0.3) is 15.9 Å². The van der Waals surface area contributed by atoms with Gasteiger partial charge in [-0.3, -0.25) is 9.10 Å². The summed E-state index contributed by atoms with van der Waals surface area (Å²) in [5.41, 5.74) is 2.54. The molecular formula is C26H25ClN2O4S. The molecule has 0 saturated carbocycles.